The molecule has 0 aliphatic heterocycles. The molecule has 0 saturated heterocycles. The molecule has 7 heteroatoms. The third-order valence-electron chi connectivity index (χ3n) is 3.65. The van der Waals surface area contributed by atoms with E-state index in [1.807, 2.05) is 26.8 Å². The molecular formula is C18H17ClN4O2. The minimum Gasteiger partial charge on any atom is -0.478 e. The van der Waals surface area contributed by atoms with Gasteiger partial charge in [-0.15, -0.1) is 10.2 Å². The third kappa shape index (κ3) is 3.39. The number of benzene rings is 1. The lowest BCUT2D eigenvalue weighted by Crippen LogP contribution is -2.11. The van der Waals surface area contributed by atoms with Gasteiger partial charge in [0, 0.05) is 11.6 Å². The van der Waals surface area contributed by atoms with Gasteiger partial charge in [-0.2, -0.15) is 0 Å². The van der Waals surface area contributed by atoms with E-state index in [2.05, 4.69) is 15.2 Å². The van der Waals surface area contributed by atoms with Gasteiger partial charge >= 0.3 is 5.97 Å². The van der Waals surface area contributed by atoms with Crippen LogP contribution < -0.4 is 0 Å². The summed E-state index contributed by atoms with van der Waals surface area (Å²) >= 11 is 6.10. The van der Waals surface area contributed by atoms with E-state index in [0.717, 1.165) is 5.69 Å². The topological polar surface area (TPSA) is 79.3 Å². The average Bonchev–Trinajstić information content (AvgIpc) is 2.91. The fourth-order valence-corrected chi connectivity index (χ4v) is 2.61. The van der Waals surface area contributed by atoms with E-state index in [-0.39, 0.29) is 16.7 Å². The van der Waals surface area contributed by atoms with Crippen molar-refractivity contribution >= 4 is 34.7 Å². The maximum atomic E-state index is 11.3. The molecule has 2 heterocycles. The Kier molecular flexibility index (Phi) is 4.30. The van der Waals surface area contributed by atoms with Crippen LogP contribution in [0.4, 0.5) is 11.5 Å². The van der Waals surface area contributed by atoms with E-state index in [9.17, 15) is 9.90 Å². The lowest BCUT2D eigenvalue weighted by atomic mass is 9.92. The molecule has 0 aliphatic rings. The lowest BCUT2D eigenvalue weighted by molar-refractivity contribution is 0.0697. The minimum absolute atomic E-state index is 0.0930. The molecule has 0 amide bonds. The van der Waals surface area contributed by atoms with Crippen LogP contribution in [0.3, 0.4) is 0 Å². The number of imidazole rings is 1. The second-order valence-electron chi connectivity index (χ2n) is 6.63. The van der Waals surface area contributed by atoms with Crippen molar-refractivity contribution in [3.8, 4) is 0 Å². The predicted octanol–water partition coefficient (Wildman–Crippen LogP) is 5.40. The van der Waals surface area contributed by atoms with Gasteiger partial charge in [-0.3, -0.25) is 4.40 Å². The Balaban J connectivity index is 2.18. The summed E-state index contributed by atoms with van der Waals surface area (Å²) in [7, 11) is 0. The van der Waals surface area contributed by atoms with Crippen molar-refractivity contribution in [3.63, 3.8) is 0 Å². The first-order valence-corrected chi connectivity index (χ1v) is 8.07. The lowest BCUT2D eigenvalue weighted by Gasteiger charge is -2.15. The molecule has 0 radical (unpaired) electrons. The van der Waals surface area contributed by atoms with Crippen LogP contribution in [-0.2, 0) is 5.41 Å². The monoisotopic (exact) mass is 356 g/mol. The fourth-order valence-electron chi connectivity index (χ4n) is 2.45. The second-order valence-corrected chi connectivity index (χ2v) is 7.07. The van der Waals surface area contributed by atoms with Crippen LogP contribution >= 0.6 is 11.6 Å². The van der Waals surface area contributed by atoms with Crippen molar-refractivity contribution in [2.45, 2.75) is 26.2 Å². The molecule has 0 spiro atoms. The minimum atomic E-state index is -1.05. The number of azo groups is 1. The molecule has 0 bridgehead atoms. The van der Waals surface area contributed by atoms with Gasteiger partial charge in [0.2, 0.25) is 0 Å². The average molecular weight is 357 g/mol. The Hall–Kier alpha value is -2.73. The smallest absolute Gasteiger partial charge is 0.337 e. The number of rotatable bonds is 3. The normalized spacial score (nSPS) is 12.2. The number of hydrogen-bond donors (Lipinski definition) is 1. The highest BCUT2D eigenvalue weighted by atomic mass is 35.5. The molecule has 25 heavy (non-hydrogen) atoms. The zero-order valence-corrected chi connectivity index (χ0v) is 14.8. The van der Waals surface area contributed by atoms with Gasteiger partial charge in [-0.05, 0) is 24.3 Å². The van der Waals surface area contributed by atoms with Crippen LogP contribution in [-0.4, -0.2) is 20.5 Å². The molecule has 0 fully saturated rings. The maximum Gasteiger partial charge on any atom is 0.337 e. The van der Waals surface area contributed by atoms with Crippen LogP contribution in [0.25, 0.3) is 5.65 Å². The first kappa shape index (κ1) is 17.1. The number of aromatic nitrogens is 2. The molecule has 0 aliphatic carbocycles. The van der Waals surface area contributed by atoms with Crippen molar-refractivity contribution in [1.82, 2.24) is 9.38 Å². The molecule has 0 atom stereocenters. The van der Waals surface area contributed by atoms with Gasteiger partial charge in [-0.1, -0.05) is 44.5 Å². The first-order valence-electron chi connectivity index (χ1n) is 7.69. The Morgan fingerprint density at radius 3 is 2.56 bits per heavy atom. The van der Waals surface area contributed by atoms with E-state index >= 15 is 0 Å². The van der Waals surface area contributed by atoms with E-state index in [1.165, 1.54) is 6.07 Å². The number of carboxylic acid groups (broad SMARTS) is 1. The van der Waals surface area contributed by atoms with E-state index in [0.29, 0.717) is 16.5 Å². The maximum absolute atomic E-state index is 11.3. The third-order valence-corrected chi connectivity index (χ3v) is 3.88. The van der Waals surface area contributed by atoms with Crippen molar-refractivity contribution in [2.24, 2.45) is 10.2 Å². The van der Waals surface area contributed by atoms with Gasteiger partial charge in [0.15, 0.2) is 5.82 Å². The van der Waals surface area contributed by atoms with Crippen LogP contribution in [0, 0.1) is 0 Å². The fraction of sp³-hybridized carbons (Fsp3) is 0.222. The van der Waals surface area contributed by atoms with Crippen LogP contribution in [0.2, 0.25) is 5.02 Å². The summed E-state index contributed by atoms with van der Waals surface area (Å²) in [6, 6.07) is 10.0. The summed E-state index contributed by atoms with van der Waals surface area (Å²) in [5.74, 6) is -0.517. The number of hydrogen-bond acceptors (Lipinski definition) is 4. The molecule has 0 saturated carbocycles. The number of carboxylic acids is 1. The summed E-state index contributed by atoms with van der Waals surface area (Å²) in [6.07, 6.45) is 1.72. The van der Waals surface area contributed by atoms with Gasteiger partial charge in [-0.25, -0.2) is 9.78 Å². The number of nitrogens with zero attached hydrogens (tertiary/aromatic N) is 4. The Bertz CT molecular complexity index is 986. The van der Waals surface area contributed by atoms with Gasteiger partial charge in [0.25, 0.3) is 0 Å². The SMILES string of the molecule is CC(C)(C)c1nc2ccc(Cl)cn2c1N=Nc1ccccc1C(=O)O. The molecule has 3 rings (SSSR count). The van der Waals surface area contributed by atoms with Crippen LogP contribution in [0.1, 0.15) is 36.8 Å². The summed E-state index contributed by atoms with van der Waals surface area (Å²) in [6.45, 7) is 6.09. The van der Waals surface area contributed by atoms with Crippen LogP contribution in [0.15, 0.2) is 52.8 Å². The molecule has 2 aromatic heterocycles. The largest absolute Gasteiger partial charge is 0.478 e. The van der Waals surface area contributed by atoms with Crippen molar-refractivity contribution < 1.29 is 9.90 Å². The number of fused-ring (bicyclic) bond motifs is 1. The summed E-state index contributed by atoms with van der Waals surface area (Å²) in [5, 5.41) is 18.3. The second kappa shape index (κ2) is 6.29. The van der Waals surface area contributed by atoms with Gasteiger partial charge in [0.1, 0.15) is 11.3 Å². The Morgan fingerprint density at radius 1 is 1.16 bits per heavy atom. The van der Waals surface area contributed by atoms with E-state index in [4.69, 9.17) is 11.6 Å². The number of halogens is 1. The molecule has 6 nitrogen and oxygen atoms in total. The molecule has 128 valence electrons. The predicted molar refractivity (Wildman–Crippen MR) is 96.5 cm³/mol. The van der Waals surface area contributed by atoms with Crippen molar-refractivity contribution in [3.05, 3.63) is 58.9 Å². The molecule has 0 unspecified atom stereocenters. The zero-order chi connectivity index (χ0) is 18.2. The highest BCUT2D eigenvalue weighted by molar-refractivity contribution is 6.30. The summed E-state index contributed by atoms with van der Waals surface area (Å²) in [5.41, 5.74) is 1.57. The van der Waals surface area contributed by atoms with E-state index < -0.39 is 5.97 Å². The Morgan fingerprint density at radius 2 is 1.88 bits per heavy atom. The molecular weight excluding hydrogens is 340 g/mol. The standard InChI is InChI=1S/C18H17ClN4O2/c1-18(2,3)15-16(23-10-11(19)8-9-14(23)20-15)22-21-13-7-5-4-6-12(13)17(24)25/h4-10H,1-3H3,(H,24,25). The number of pyridine rings is 1. The van der Waals surface area contributed by atoms with Gasteiger partial charge in [0.05, 0.1) is 16.3 Å². The quantitative estimate of drug-likeness (QED) is 0.638. The van der Waals surface area contributed by atoms with Crippen molar-refractivity contribution in [1.29, 1.82) is 0 Å². The van der Waals surface area contributed by atoms with Crippen molar-refractivity contribution in [2.75, 3.05) is 0 Å². The van der Waals surface area contributed by atoms with Gasteiger partial charge < -0.3 is 5.11 Å². The van der Waals surface area contributed by atoms with E-state index in [1.54, 1.807) is 34.9 Å². The zero-order valence-electron chi connectivity index (χ0n) is 14.1. The summed E-state index contributed by atoms with van der Waals surface area (Å²) in [4.78, 5) is 16.0. The summed E-state index contributed by atoms with van der Waals surface area (Å²) < 4.78 is 1.76. The highest BCUT2D eigenvalue weighted by Gasteiger charge is 2.24. The van der Waals surface area contributed by atoms with Crippen LogP contribution in [0.5, 0.6) is 0 Å². The first-order chi connectivity index (χ1) is 11.8. The number of carbonyl (C=O) groups is 1. The molecule has 1 aromatic carbocycles. The molecule has 1 N–H and O–H groups in total. The highest BCUT2D eigenvalue weighted by Crippen LogP contribution is 2.34. The number of aromatic carboxylic acids is 1. The Labute approximate surface area is 149 Å². The molecule has 3 aromatic rings.